The first-order chi connectivity index (χ1) is 14.5. The SMILES string of the molecule is O=C1C(c2ccc([N+](=O)[O-])cc2)=C(N2CCCCC2)C(=O)N1Cc1ccccc1F. The van der Waals surface area contributed by atoms with Gasteiger partial charge in [-0.2, -0.15) is 0 Å². The highest BCUT2D eigenvalue weighted by Crippen LogP contribution is 2.34. The molecule has 154 valence electrons. The first-order valence-corrected chi connectivity index (χ1v) is 9.81. The minimum atomic E-state index is -0.518. The van der Waals surface area contributed by atoms with E-state index in [2.05, 4.69) is 0 Å². The summed E-state index contributed by atoms with van der Waals surface area (Å²) >= 11 is 0. The van der Waals surface area contributed by atoms with Crippen LogP contribution >= 0.6 is 0 Å². The number of nitrogens with zero attached hydrogens (tertiary/aromatic N) is 3. The number of piperidine rings is 1. The summed E-state index contributed by atoms with van der Waals surface area (Å²) in [5.74, 6) is -1.46. The van der Waals surface area contributed by atoms with Crippen LogP contribution in [0.15, 0.2) is 54.2 Å². The third-order valence-electron chi connectivity index (χ3n) is 5.47. The first-order valence-electron chi connectivity index (χ1n) is 9.81. The lowest BCUT2D eigenvalue weighted by Gasteiger charge is -2.29. The summed E-state index contributed by atoms with van der Waals surface area (Å²) in [5.41, 5.74) is 1.11. The molecule has 1 fully saturated rings. The van der Waals surface area contributed by atoms with Crippen LogP contribution in [-0.4, -0.2) is 39.6 Å². The lowest BCUT2D eigenvalue weighted by molar-refractivity contribution is -0.384. The van der Waals surface area contributed by atoms with Gasteiger partial charge in [-0.25, -0.2) is 4.39 Å². The third kappa shape index (κ3) is 3.56. The molecule has 2 amide bonds. The Hall–Kier alpha value is -3.55. The van der Waals surface area contributed by atoms with Crippen molar-refractivity contribution >= 4 is 23.1 Å². The number of amides is 2. The maximum Gasteiger partial charge on any atom is 0.278 e. The van der Waals surface area contributed by atoms with Crippen LogP contribution in [-0.2, 0) is 16.1 Å². The van der Waals surface area contributed by atoms with Crippen molar-refractivity contribution < 1.29 is 18.9 Å². The molecule has 4 rings (SSSR count). The summed E-state index contributed by atoms with van der Waals surface area (Å²) in [4.78, 5) is 39.9. The van der Waals surface area contributed by atoms with Gasteiger partial charge in [0.2, 0.25) is 0 Å². The zero-order valence-corrected chi connectivity index (χ0v) is 16.2. The zero-order valence-electron chi connectivity index (χ0n) is 16.2. The normalized spacial score (nSPS) is 17.1. The van der Waals surface area contributed by atoms with Crippen LogP contribution in [0, 0.1) is 15.9 Å². The Balaban J connectivity index is 1.74. The van der Waals surface area contributed by atoms with Gasteiger partial charge >= 0.3 is 0 Å². The minimum absolute atomic E-state index is 0.0983. The maximum atomic E-state index is 14.2. The van der Waals surface area contributed by atoms with E-state index < -0.39 is 22.6 Å². The number of non-ortho nitro benzene ring substituents is 1. The van der Waals surface area contributed by atoms with Gasteiger partial charge in [0.25, 0.3) is 17.5 Å². The van der Waals surface area contributed by atoms with E-state index in [0.29, 0.717) is 24.4 Å². The Morgan fingerprint density at radius 2 is 1.60 bits per heavy atom. The number of imide groups is 1. The Bertz CT molecular complexity index is 1040. The lowest BCUT2D eigenvalue weighted by atomic mass is 10.0. The van der Waals surface area contributed by atoms with Crippen molar-refractivity contribution in [2.45, 2.75) is 25.8 Å². The summed E-state index contributed by atoms with van der Waals surface area (Å²) in [6, 6.07) is 11.6. The predicted octanol–water partition coefficient (Wildman–Crippen LogP) is 3.50. The molecule has 0 bridgehead atoms. The molecule has 2 heterocycles. The van der Waals surface area contributed by atoms with Crippen molar-refractivity contribution in [1.29, 1.82) is 0 Å². The average molecular weight is 409 g/mol. The van der Waals surface area contributed by atoms with Gasteiger partial charge in [-0.05, 0) is 43.0 Å². The van der Waals surface area contributed by atoms with Gasteiger partial charge in [0.15, 0.2) is 0 Å². The molecule has 2 aliphatic rings. The average Bonchev–Trinajstić information content (AvgIpc) is 3.00. The number of halogens is 1. The monoisotopic (exact) mass is 409 g/mol. The Kier molecular flexibility index (Phi) is 5.31. The summed E-state index contributed by atoms with van der Waals surface area (Å²) in [6.07, 6.45) is 2.87. The molecule has 0 saturated carbocycles. The van der Waals surface area contributed by atoms with Gasteiger partial charge in [0, 0.05) is 30.8 Å². The number of carbonyl (C=O) groups excluding carboxylic acids is 2. The van der Waals surface area contributed by atoms with Crippen molar-refractivity contribution in [2.75, 3.05) is 13.1 Å². The molecule has 0 unspecified atom stereocenters. The smallest absolute Gasteiger partial charge is 0.278 e. The molecule has 1 saturated heterocycles. The minimum Gasteiger partial charge on any atom is -0.366 e. The van der Waals surface area contributed by atoms with Crippen LogP contribution in [0.4, 0.5) is 10.1 Å². The lowest BCUT2D eigenvalue weighted by Crippen LogP contribution is -2.37. The second-order valence-electron chi connectivity index (χ2n) is 7.36. The number of hydrogen-bond donors (Lipinski definition) is 0. The van der Waals surface area contributed by atoms with Crippen LogP contribution in [0.25, 0.3) is 5.57 Å². The topological polar surface area (TPSA) is 83.8 Å². The van der Waals surface area contributed by atoms with E-state index in [1.165, 1.54) is 30.3 Å². The fourth-order valence-corrected chi connectivity index (χ4v) is 3.92. The van der Waals surface area contributed by atoms with Crippen LogP contribution in [0.2, 0.25) is 0 Å². The third-order valence-corrected chi connectivity index (χ3v) is 5.47. The number of hydrogen-bond acceptors (Lipinski definition) is 5. The molecule has 8 heteroatoms. The fourth-order valence-electron chi connectivity index (χ4n) is 3.92. The van der Waals surface area contributed by atoms with Gasteiger partial charge in [-0.1, -0.05) is 18.2 Å². The highest BCUT2D eigenvalue weighted by Gasteiger charge is 2.42. The Labute approximate surface area is 172 Å². The molecular weight excluding hydrogens is 389 g/mol. The molecule has 0 spiro atoms. The van der Waals surface area contributed by atoms with E-state index in [9.17, 15) is 24.1 Å². The van der Waals surface area contributed by atoms with E-state index >= 15 is 0 Å². The van der Waals surface area contributed by atoms with E-state index in [4.69, 9.17) is 0 Å². The second-order valence-corrected chi connectivity index (χ2v) is 7.36. The van der Waals surface area contributed by atoms with Gasteiger partial charge < -0.3 is 4.90 Å². The summed E-state index contributed by atoms with van der Waals surface area (Å²) < 4.78 is 14.2. The van der Waals surface area contributed by atoms with Crippen LogP contribution in [0.1, 0.15) is 30.4 Å². The molecule has 0 radical (unpaired) electrons. The first kappa shape index (κ1) is 19.8. The molecule has 2 aliphatic heterocycles. The fraction of sp³-hybridized carbons (Fsp3) is 0.273. The van der Waals surface area contributed by atoms with Crippen LogP contribution in [0.5, 0.6) is 0 Å². The van der Waals surface area contributed by atoms with E-state index in [1.807, 2.05) is 4.90 Å². The Morgan fingerprint density at radius 3 is 2.23 bits per heavy atom. The van der Waals surface area contributed by atoms with Crippen molar-refractivity contribution in [3.63, 3.8) is 0 Å². The van der Waals surface area contributed by atoms with Crippen LogP contribution in [0.3, 0.4) is 0 Å². The highest BCUT2D eigenvalue weighted by molar-refractivity contribution is 6.35. The van der Waals surface area contributed by atoms with Gasteiger partial charge in [-0.15, -0.1) is 0 Å². The number of nitro groups is 1. The standard InChI is InChI=1S/C22H20FN3O4/c23-18-7-3-2-6-16(18)14-25-21(27)19(15-8-10-17(11-9-15)26(29)30)20(22(25)28)24-12-4-1-5-13-24/h2-3,6-11H,1,4-5,12-14H2. The van der Waals surface area contributed by atoms with Crippen molar-refractivity contribution in [2.24, 2.45) is 0 Å². The molecule has 0 aliphatic carbocycles. The maximum absolute atomic E-state index is 14.2. The summed E-state index contributed by atoms with van der Waals surface area (Å²) in [5, 5.41) is 11.0. The largest absolute Gasteiger partial charge is 0.366 e. The van der Waals surface area contributed by atoms with E-state index in [1.54, 1.807) is 18.2 Å². The molecular formula is C22H20FN3O4. The number of rotatable bonds is 5. The van der Waals surface area contributed by atoms with E-state index in [-0.39, 0.29) is 23.4 Å². The number of carbonyl (C=O) groups is 2. The highest BCUT2D eigenvalue weighted by atomic mass is 19.1. The molecule has 2 aromatic carbocycles. The molecule has 30 heavy (non-hydrogen) atoms. The number of likely N-dealkylation sites (tertiary alicyclic amines) is 1. The summed E-state index contributed by atoms with van der Waals surface area (Å²) in [7, 11) is 0. The van der Waals surface area contributed by atoms with E-state index in [0.717, 1.165) is 24.2 Å². The number of nitro benzene ring substituents is 1. The second kappa shape index (κ2) is 8.06. The van der Waals surface area contributed by atoms with Crippen LogP contribution < -0.4 is 0 Å². The van der Waals surface area contributed by atoms with Gasteiger partial charge in [-0.3, -0.25) is 24.6 Å². The quantitative estimate of drug-likeness (QED) is 0.429. The Morgan fingerprint density at radius 1 is 0.933 bits per heavy atom. The van der Waals surface area contributed by atoms with Crippen molar-refractivity contribution in [1.82, 2.24) is 9.80 Å². The molecule has 0 aromatic heterocycles. The summed E-state index contributed by atoms with van der Waals surface area (Å²) in [6.45, 7) is 1.13. The van der Waals surface area contributed by atoms with Crippen molar-refractivity contribution in [3.05, 3.63) is 81.3 Å². The molecule has 0 atom stereocenters. The molecule has 7 nitrogen and oxygen atoms in total. The predicted molar refractivity (Wildman–Crippen MR) is 107 cm³/mol. The van der Waals surface area contributed by atoms with Gasteiger partial charge in [0.05, 0.1) is 17.0 Å². The van der Waals surface area contributed by atoms with Crippen molar-refractivity contribution in [3.8, 4) is 0 Å². The number of benzene rings is 2. The molecule has 0 N–H and O–H groups in total. The van der Waals surface area contributed by atoms with Gasteiger partial charge in [0.1, 0.15) is 11.5 Å². The zero-order chi connectivity index (χ0) is 21.3. The molecule has 2 aromatic rings.